The average Bonchev–Trinajstić information content (AvgIpc) is 2.95. The minimum atomic E-state index is -0.295. The maximum atomic E-state index is 12.0. The van der Waals surface area contributed by atoms with E-state index in [1.165, 1.54) is 11.3 Å². The largest absolute Gasteiger partial charge is 0.484 e. The number of ether oxygens (including phenoxy) is 1. The molecule has 1 N–H and O–H groups in total. The topological polar surface area (TPSA) is 51.2 Å². The third-order valence-corrected chi connectivity index (χ3v) is 4.82. The molecule has 4 nitrogen and oxygen atoms in total. The first-order valence-electron chi connectivity index (χ1n) is 6.77. The van der Waals surface area contributed by atoms with Crippen LogP contribution in [0.3, 0.4) is 0 Å². The molecule has 1 amide bonds. The second-order valence-electron chi connectivity index (χ2n) is 4.88. The molecule has 0 spiro atoms. The Hall–Kier alpha value is -1.82. The number of thiazole rings is 1. The van der Waals surface area contributed by atoms with Gasteiger partial charge < -0.3 is 4.74 Å². The summed E-state index contributed by atoms with van der Waals surface area (Å²) in [5.41, 5.74) is 1.71. The highest BCUT2D eigenvalue weighted by Gasteiger charge is 2.13. The van der Waals surface area contributed by atoms with Gasteiger partial charge in [0.05, 0.1) is 14.7 Å². The van der Waals surface area contributed by atoms with Crippen LogP contribution in [0.25, 0.3) is 10.2 Å². The molecule has 118 valence electrons. The zero-order valence-corrected chi connectivity index (χ0v) is 14.4. The van der Waals surface area contributed by atoms with Gasteiger partial charge in [-0.25, -0.2) is 4.98 Å². The number of fused-ring (bicyclic) bond motifs is 1. The normalized spacial score (nSPS) is 10.7. The monoisotopic (exact) mass is 366 g/mol. The lowest BCUT2D eigenvalue weighted by Gasteiger charge is -2.05. The van der Waals surface area contributed by atoms with E-state index < -0.39 is 0 Å². The van der Waals surface area contributed by atoms with E-state index in [0.717, 1.165) is 10.3 Å². The van der Waals surface area contributed by atoms with Gasteiger partial charge in [-0.05, 0) is 31.2 Å². The molecular weight excluding hydrogens is 355 g/mol. The first-order chi connectivity index (χ1) is 11.0. The first kappa shape index (κ1) is 16.1. The first-order valence-corrected chi connectivity index (χ1v) is 8.34. The molecule has 3 aromatic rings. The summed E-state index contributed by atoms with van der Waals surface area (Å²) >= 11 is 13.5. The number of anilines is 1. The Balaban J connectivity index is 1.67. The molecule has 0 aliphatic heterocycles. The van der Waals surface area contributed by atoms with Crippen molar-refractivity contribution in [1.82, 2.24) is 4.98 Å². The van der Waals surface area contributed by atoms with Crippen LogP contribution in [-0.4, -0.2) is 17.5 Å². The van der Waals surface area contributed by atoms with Gasteiger partial charge in [-0.2, -0.15) is 0 Å². The number of amides is 1. The predicted molar refractivity (Wildman–Crippen MR) is 94.9 cm³/mol. The SMILES string of the molecule is Cc1ccc(OCC(=O)Nc2nc3c(Cl)ccc(Cl)c3s2)cc1. The van der Waals surface area contributed by atoms with Crippen molar-refractivity contribution < 1.29 is 9.53 Å². The fraction of sp³-hybridized carbons (Fsp3) is 0.125. The van der Waals surface area contributed by atoms with Crippen molar-refractivity contribution in [2.45, 2.75) is 6.92 Å². The molecule has 7 heteroatoms. The number of aryl methyl sites for hydroxylation is 1. The summed E-state index contributed by atoms with van der Waals surface area (Å²) < 4.78 is 6.17. The molecular formula is C16H12Cl2N2O2S. The molecule has 3 rings (SSSR count). The summed E-state index contributed by atoms with van der Waals surface area (Å²) in [7, 11) is 0. The minimum Gasteiger partial charge on any atom is -0.484 e. The molecule has 0 aliphatic rings. The lowest BCUT2D eigenvalue weighted by Crippen LogP contribution is -2.19. The average molecular weight is 367 g/mol. The lowest BCUT2D eigenvalue weighted by atomic mass is 10.2. The highest BCUT2D eigenvalue weighted by molar-refractivity contribution is 7.23. The number of rotatable bonds is 4. The van der Waals surface area contributed by atoms with E-state index in [9.17, 15) is 4.79 Å². The molecule has 0 saturated carbocycles. The Morgan fingerprint density at radius 1 is 1.17 bits per heavy atom. The van der Waals surface area contributed by atoms with Gasteiger partial charge in [0.2, 0.25) is 0 Å². The summed E-state index contributed by atoms with van der Waals surface area (Å²) in [6, 6.07) is 10.9. The Morgan fingerprint density at radius 2 is 1.87 bits per heavy atom. The number of halogens is 2. The number of carbonyl (C=O) groups is 1. The maximum absolute atomic E-state index is 12.0. The molecule has 23 heavy (non-hydrogen) atoms. The van der Waals surface area contributed by atoms with Crippen LogP contribution in [-0.2, 0) is 4.79 Å². The summed E-state index contributed by atoms with van der Waals surface area (Å²) in [5.74, 6) is 0.345. The summed E-state index contributed by atoms with van der Waals surface area (Å²) in [4.78, 5) is 16.3. The van der Waals surface area contributed by atoms with E-state index in [1.54, 1.807) is 12.1 Å². The van der Waals surface area contributed by atoms with Crippen molar-refractivity contribution in [3.63, 3.8) is 0 Å². The number of nitrogens with zero attached hydrogens (tertiary/aromatic N) is 1. The number of benzene rings is 2. The molecule has 0 bridgehead atoms. The lowest BCUT2D eigenvalue weighted by molar-refractivity contribution is -0.118. The van der Waals surface area contributed by atoms with Crippen molar-refractivity contribution in [3.05, 3.63) is 52.0 Å². The van der Waals surface area contributed by atoms with Gasteiger partial charge in [0, 0.05) is 0 Å². The fourth-order valence-electron chi connectivity index (χ4n) is 1.94. The van der Waals surface area contributed by atoms with Crippen molar-refractivity contribution in [1.29, 1.82) is 0 Å². The van der Waals surface area contributed by atoms with Crippen LogP contribution < -0.4 is 10.1 Å². The van der Waals surface area contributed by atoms with Crippen LogP contribution in [0.15, 0.2) is 36.4 Å². The van der Waals surface area contributed by atoms with E-state index in [2.05, 4.69) is 10.3 Å². The van der Waals surface area contributed by atoms with E-state index >= 15 is 0 Å². The number of carbonyl (C=O) groups excluding carboxylic acids is 1. The van der Waals surface area contributed by atoms with Gasteiger partial charge in [-0.1, -0.05) is 52.2 Å². The Kier molecular flexibility index (Phi) is 4.71. The van der Waals surface area contributed by atoms with Crippen LogP contribution in [0.4, 0.5) is 5.13 Å². The fourth-order valence-corrected chi connectivity index (χ4v) is 3.37. The van der Waals surface area contributed by atoms with E-state index in [4.69, 9.17) is 27.9 Å². The van der Waals surface area contributed by atoms with Crippen LogP contribution in [0.2, 0.25) is 10.0 Å². The van der Waals surface area contributed by atoms with Crippen LogP contribution in [0.1, 0.15) is 5.56 Å². The van der Waals surface area contributed by atoms with Crippen LogP contribution in [0.5, 0.6) is 5.75 Å². The smallest absolute Gasteiger partial charge is 0.264 e. The van der Waals surface area contributed by atoms with E-state index in [0.29, 0.717) is 26.4 Å². The highest BCUT2D eigenvalue weighted by Crippen LogP contribution is 2.35. The van der Waals surface area contributed by atoms with Gasteiger partial charge in [0.1, 0.15) is 11.3 Å². The van der Waals surface area contributed by atoms with Gasteiger partial charge in [-0.15, -0.1) is 0 Å². The molecule has 1 heterocycles. The second kappa shape index (κ2) is 6.74. The molecule has 0 aliphatic carbocycles. The minimum absolute atomic E-state index is 0.0968. The zero-order chi connectivity index (χ0) is 16.4. The summed E-state index contributed by atoms with van der Waals surface area (Å²) in [6.45, 7) is 1.89. The standard InChI is InChI=1S/C16H12Cl2N2O2S/c1-9-2-4-10(5-3-9)22-8-13(21)19-16-20-14-11(17)6-7-12(18)15(14)23-16/h2-7H,8H2,1H3,(H,19,20,21). The van der Waals surface area contributed by atoms with Crippen molar-refractivity contribution in [3.8, 4) is 5.75 Å². The zero-order valence-electron chi connectivity index (χ0n) is 12.1. The quantitative estimate of drug-likeness (QED) is 0.712. The molecule has 0 atom stereocenters. The Labute approximate surface area is 147 Å². The summed E-state index contributed by atoms with van der Waals surface area (Å²) in [5, 5.41) is 4.18. The van der Waals surface area contributed by atoms with Crippen molar-refractivity contribution in [2.24, 2.45) is 0 Å². The third kappa shape index (κ3) is 3.75. The number of aromatic nitrogens is 1. The van der Waals surface area contributed by atoms with Crippen LogP contribution in [0, 0.1) is 6.92 Å². The molecule has 0 fully saturated rings. The highest BCUT2D eigenvalue weighted by atomic mass is 35.5. The molecule has 0 saturated heterocycles. The van der Waals surface area contributed by atoms with Gasteiger partial charge in [0.15, 0.2) is 11.7 Å². The Bertz CT molecular complexity index is 823. The van der Waals surface area contributed by atoms with Crippen LogP contribution >= 0.6 is 34.5 Å². The second-order valence-corrected chi connectivity index (χ2v) is 6.69. The van der Waals surface area contributed by atoms with Gasteiger partial charge in [0.25, 0.3) is 5.91 Å². The number of hydrogen-bond acceptors (Lipinski definition) is 4. The molecule has 0 radical (unpaired) electrons. The Morgan fingerprint density at radius 3 is 2.57 bits per heavy atom. The molecule has 1 aromatic heterocycles. The molecule has 2 aromatic carbocycles. The van der Waals surface area contributed by atoms with Crippen molar-refractivity contribution in [2.75, 3.05) is 11.9 Å². The van der Waals surface area contributed by atoms with Gasteiger partial charge >= 0.3 is 0 Å². The van der Waals surface area contributed by atoms with E-state index in [-0.39, 0.29) is 12.5 Å². The third-order valence-electron chi connectivity index (χ3n) is 3.08. The molecule has 0 unspecified atom stereocenters. The predicted octanol–water partition coefficient (Wildman–Crippen LogP) is 4.93. The summed E-state index contributed by atoms with van der Waals surface area (Å²) in [6.07, 6.45) is 0. The van der Waals surface area contributed by atoms with Gasteiger partial charge in [-0.3, -0.25) is 10.1 Å². The number of nitrogens with one attached hydrogen (secondary N) is 1. The van der Waals surface area contributed by atoms with E-state index in [1.807, 2.05) is 31.2 Å². The van der Waals surface area contributed by atoms with Crippen molar-refractivity contribution >= 4 is 55.8 Å². The maximum Gasteiger partial charge on any atom is 0.264 e. The number of hydrogen-bond donors (Lipinski definition) is 1.